The van der Waals surface area contributed by atoms with E-state index in [9.17, 15) is 4.79 Å². The highest BCUT2D eigenvalue weighted by molar-refractivity contribution is 7.71. The minimum atomic E-state index is -0.220. The van der Waals surface area contributed by atoms with Crippen molar-refractivity contribution in [3.8, 4) is 5.75 Å². The second kappa shape index (κ2) is 4.94. The number of methoxy groups -OCH3 is 1. The van der Waals surface area contributed by atoms with Crippen molar-refractivity contribution in [2.75, 3.05) is 7.11 Å². The number of carbonyl (C=O) groups excluding carboxylic acids is 1. The van der Waals surface area contributed by atoms with Gasteiger partial charge < -0.3 is 9.15 Å². The minimum absolute atomic E-state index is 0.145. The second-order valence-corrected chi connectivity index (χ2v) is 4.55. The highest BCUT2D eigenvalue weighted by Gasteiger charge is 2.15. The molecule has 100 valence electrons. The van der Waals surface area contributed by atoms with E-state index < -0.39 is 0 Å². The quantitative estimate of drug-likeness (QED) is 0.674. The molecule has 5 heteroatoms. The Balaban J connectivity index is 2.12. The summed E-state index contributed by atoms with van der Waals surface area (Å²) in [6.07, 6.45) is 0. The molecule has 0 bridgehead atoms. The molecule has 2 aromatic carbocycles. The van der Waals surface area contributed by atoms with Crippen molar-refractivity contribution < 1.29 is 13.9 Å². The van der Waals surface area contributed by atoms with E-state index in [4.69, 9.17) is 21.4 Å². The van der Waals surface area contributed by atoms with Gasteiger partial charge in [0, 0.05) is 5.56 Å². The standard InChI is InChI=1S/C15H11NO3S/c1-18-11-8-6-10(7-9-11)14(17)16-12-4-2-3-5-13(12)19-15(16)20/h2-9H,1H3. The van der Waals surface area contributed by atoms with Gasteiger partial charge in [0.2, 0.25) is 0 Å². The molecule has 0 radical (unpaired) electrons. The van der Waals surface area contributed by atoms with Crippen LogP contribution in [0.5, 0.6) is 5.75 Å². The molecule has 0 fully saturated rings. The topological polar surface area (TPSA) is 44.4 Å². The lowest BCUT2D eigenvalue weighted by molar-refractivity contribution is 0.0959. The summed E-state index contributed by atoms with van der Waals surface area (Å²) < 4.78 is 11.9. The molecule has 0 spiro atoms. The van der Waals surface area contributed by atoms with Crippen molar-refractivity contribution in [1.29, 1.82) is 0 Å². The number of nitrogens with zero attached hydrogens (tertiary/aromatic N) is 1. The number of rotatable bonds is 2. The average Bonchev–Trinajstić information content (AvgIpc) is 2.82. The maximum Gasteiger partial charge on any atom is 0.276 e. The lowest BCUT2D eigenvalue weighted by atomic mass is 10.2. The van der Waals surface area contributed by atoms with Crippen LogP contribution in [0.4, 0.5) is 0 Å². The number of oxazole rings is 1. The van der Waals surface area contributed by atoms with Crippen LogP contribution in [0, 0.1) is 4.84 Å². The van der Waals surface area contributed by atoms with Crippen LogP contribution in [-0.2, 0) is 0 Å². The molecule has 0 saturated heterocycles. The van der Waals surface area contributed by atoms with Gasteiger partial charge in [0.1, 0.15) is 5.75 Å². The van der Waals surface area contributed by atoms with Crippen molar-refractivity contribution in [3.63, 3.8) is 0 Å². The summed E-state index contributed by atoms with van der Waals surface area (Å²) in [5, 5.41) is 0. The summed E-state index contributed by atoms with van der Waals surface area (Å²) in [7, 11) is 1.58. The third-order valence-electron chi connectivity index (χ3n) is 3.03. The molecule has 0 N–H and O–H groups in total. The van der Waals surface area contributed by atoms with Gasteiger partial charge in [0.05, 0.1) is 12.6 Å². The maximum atomic E-state index is 12.5. The van der Waals surface area contributed by atoms with Crippen molar-refractivity contribution in [3.05, 3.63) is 58.9 Å². The fraction of sp³-hybridized carbons (Fsp3) is 0.0667. The van der Waals surface area contributed by atoms with Crippen molar-refractivity contribution in [1.82, 2.24) is 4.57 Å². The van der Waals surface area contributed by atoms with Gasteiger partial charge in [-0.25, -0.2) is 4.57 Å². The van der Waals surface area contributed by atoms with Crippen LogP contribution in [0.2, 0.25) is 0 Å². The monoisotopic (exact) mass is 285 g/mol. The van der Waals surface area contributed by atoms with E-state index in [-0.39, 0.29) is 10.7 Å². The van der Waals surface area contributed by atoms with E-state index in [1.165, 1.54) is 4.57 Å². The highest BCUT2D eigenvalue weighted by atomic mass is 32.1. The summed E-state index contributed by atoms with van der Waals surface area (Å²) in [6, 6.07) is 14.1. The Kier molecular flexibility index (Phi) is 3.12. The maximum absolute atomic E-state index is 12.5. The zero-order valence-electron chi connectivity index (χ0n) is 10.7. The molecule has 0 amide bonds. The highest BCUT2D eigenvalue weighted by Crippen LogP contribution is 2.19. The molecule has 3 aromatic rings. The first-order valence-electron chi connectivity index (χ1n) is 6.00. The molecule has 0 aliphatic heterocycles. The van der Waals surface area contributed by atoms with Gasteiger partial charge in [0.15, 0.2) is 5.58 Å². The van der Waals surface area contributed by atoms with Crippen LogP contribution in [-0.4, -0.2) is 17.6 Å². The number of fused-ring (bicyclic) bond motifs is 1. The number of para-hydroxylation sites is 2. The predicted octanol–water partition coefficient (Wildman–Crippen LogP) is 3.66. The Labute approximate surface area is 120 Å². The molecule has 20 heavy (non-hydrogen) atoms. The first kappa shape index (κ1) is 12.6. The molecule has 0 atom stereocenters. The van der Waals surface area contributed by atoms with E-state index in [0.29, 0.717) is 22.4 Å². The van der Waals surface area contributed by atoms with Crippen LogP contribution in [0.1, 0.15) is 10.4 Å². The first-order valence-corrected chi connectivity index (χ1v) is 6.41. The Morgan fingerprint density at radius 1 is 1.15 bits per heavy atom. The van der Waals surface area contributed by atoms with E-state index >= 15 is 0 Å². The van der Waals surface area contributed by atoms with Crippen molar-refractivity contribution >= 4 is 29.2 Å². The molecular weight excluding hydrogens is 274 g/mol. The first-order chi connectivity index (χ1) is 9.70. The average molecular weight is 285 g/mol. The fourth-order valence-corrected chi connectivity index (χ4v) is 2.29. The smallest absolute Gasteiger partial charge is 0.276 e. The van der Waals surface area contributed by atoms with Gasteiger partial charge in [-0.05, 0) is 48.6 Å². The minimum Gasteiger partial charge on any atom is -0.497 e. The van der Waals surface area contributed by atoms with Crippen LogP contribution in [0.25, 0.3) is 11.1 Å². The van der Waals surface area contributed by atoms with Gasteiger partial charge in [-0.1, -0.05) is 12.1 Å². The summed E-state index contributed by atoms with van der Waals surface area (Å²) in [5.41, 5.74) is 1.78. The SMILES string of the molecule is COc1ccc(C(=O)n2c(=S)oc3ccccc32)cc1. The molecule has 0 unspecified atom stereocenters. The fourth-order valence-electron chi connectivity index (χ4n) is 2.02. The van der Waals surface area contributed by atoms with Crippen molar-refractivity contribution in [2.45, 2.75) is 0 Å². The van der Waals surface area contributed by atoms with Crippen LogP contribution >= 0.6 is 12.2 Å². The number of carbonyl (C=O) groups is 1. The number of benzene rings is 2. The van der Waals surface area contributed by atoms with Gasteiger partial charge in [-0.3, -0.25) is 4.79 Å². The second-order valence-electron chi connectivity index (χ2n) is 4.20. The molecule has 1 aromatic heterocycles. The summed E-state index contributed by atoms with van der Waals surface area (Å²) in [4.78, 5) is 12.7. The summed E-state index contributed by atoms with van der Waals surface area (Å²) in [6.45, 7) is 0. The molecule has 1 heterocycles. The molecule has 4 nitrogen and oxygen atoms in total. The normalized spacial score (nSPS) is 10.7. The van der Waals surface area contributed by atoms with Gasteiger partial charge in [-0.15, -0.1) is 0 Å². The van der Waals surface area contributed by atoms with E-state index in [1.807, 2.05) is 12.1 Å². The molecule has 3 rings (SSSR count). The summed E-state index contributed by atoms with van der Waals surface area (Å²) in [5.74, 6) is 0.477. The Bertz CT molecular complexity index is 830. The Hall–Kier alpha value is -2.40. The Morgan fingerprint density at radius 2 is 1.85 bits per heavy atom. The zero-order valence-corrected chi connectivity index (χ0v) is 11.5. The van der Waals surface area contributed by atoms with E-state index in [1.54, 1.807) is 43.5 Å². The predicted molar refractivity (Wildman–Crippen MR) is 77.8 cm³/mol. The zero-order chi connectivity index (χ0) is 14.1. The van der Waals surface area contributed by atoms with Crippen LogP contribution in [0.3, 0.4) is 0 Å². The Morgan fingerprint density at radius 3 is 2.55 bits per heavy atom. The number of ether oxygens (including phenoxy) is 1. The number of hydrogen-bond acceptors (Lipinski definition) is 4. The molecule has 0 saturated carbocycles. The van der Waals surface area contributed by atoms with E-state index in [0.717, 1.165) is 0 Å². The van der Waals surface area contributed by atoms with Crippen LogP contribution in [0.15, 0.2) is 52.9 Å². The number of hydrogen-bond donors (Lipinski definition) is 0. The van der Waals surface area contributed by atoms with Crippen LogP contribution < -0.4 is 4.74 Å². The van der Waals surface area contributed by atoms with Gasteiger partial charge in [0.25, 0.3) is 10.7 Å². The lowest BCUT2D eigenvalue weighted by Gasteiger charge is -2.04. The summed E-state index contributed by atoms with van der Waals surface area (Å²) >= 11 is 5.13. The molecular formula is C15H11NO3S. The van der Waals surface area contributed by atoms with Gasteiger partial charge in [-0.2, -0.15) is 0 Å². The third kappa shape index (κ3) is 2.02. The third-order valence-corrected chi connectivity index (χ3v) is 3.29. The van der Waals surface area contributed by atoms with Crippen molar-refractivity contribution in [2.24, 2.45) is 0 Å². The van der Waals surface area contributed by atoms with Gasteiger partial charge >= 0.3 is 0 Å². The largest absolute Gasteiger partial charge is 0.497 e. The lowest BCUT2D eigenvalue weighted by Crippen LogP contribution is -2.11. The molecule has 0 aliphatic carbocycles. The number of aromatic nitrogens is 1. The molecule has 0 aliphatic rings. The van der Waals surface area contributed by atoms with E-state index in [2.05, 4.69) is 0 Å².